The first-order valence-corrected chi connectivity index (χ1v) is 12.5. The number of amides is 1. The summed E-state index contributed by atoms with van der Waals surface area (Å²) in [6.07, 6.45) is 4.83. The number of nitrogens with zero attached hydrogens (tertiary/aromatic N) is 4. The number of hydrogen-bond donors (Lipinski definition) is 1. The molecule has 0 fully saturated rings. The molecule has 0 saturated heterocycles. The molecule has 1 amide bonds. The van der Waals surface area contributed by atoms with Crippen LogP contribution in [-0.4, -0.2) is 56.2 Å². The molecule has 0 radical (unpaired) electrons. The summed E-state index contributed by atoms with van der Waals surface area (Å²) in [4.78, 5) is 15.0. The lowest BCUT2D eigenvalue weighted by Crippen LogP contribution is -2.35. The highest BCUT2D eigenvalue weighted by Gasteiger charge is 2.30. The van der Waals surface area contributed by atoms with Crippen molar-refractivity contribution in [2.45, 2.75) is 24.3 Å². The minimum absolute atomic E-state index is 0.0235. The second kappa shape index (κ2) is 9.54. The summed E-state index contributed by atoms with van der Waals surface area (Å²) in [5.74, 6) is -0.497. The van der Waals surface area contributed by atoms with Crippen LogP contribution in [0.1, 0.15) is 22.3 Å². The van der Waals surface area contributed by atoms with Crippen LogP contribution < -0.4 is 9.62 Å². The first-order valence-electron chi connectivity index (χ1n) is 10.6. The maximum atomic E-state index is 13.5. The summed E-state index contributed by atoms with van der Waals surface area (Å²) in [6, 6.07) is 11.7. The predicted molar refractivity (Wildman–Crippen MR) is 129 cm³/mol. The lowest BCUT2D eigenvalue weighted by Gasteiger charge is -2.30. The molecule has 0 spiro atoms. The zero-order chi connectivity index (χ0) is 23.6. The van der Waals surface area contributed by atoms with Crippen LogP contribution in [0.25, 0.3) is 0 Å². The van der Waals surface area contributed by atoms with E-state index in [0.29, 0.717) is 24.5 Å². The summed E-state index contributed by atoms with van der Waals surface area (Å²) in [7, 11) is 0.0810. The zero-order valence-electron chi connectivity index (χ0n) is 18.5. The average Bonchev–Trinajstić information content (AvgIpc) is 3.24. The highest BCUT2D eigenvalue weighted by molar-refractivity contribution is 7.92. The fraction of sp³-hybridized carbons (Fsp3) is 0.304. The molecule has 0 unspecified atom stereocenters. The average molecular weight is 488 g/mol. The van der Waals surface area contributed by atoms with Gasteiger partial charge in [0.05, 0.1) is 39.6 Å². The van der Waals surface area contributed by atoms with Gasteiger partial charge in [-0.2, -0.15) is 5.10 Å². The topological polar surface area (TPSA) is 87.5 Å². The molecule has 1 aromatic heterocycles. The quantitative estimate of drug-likeness (QED) is 0.551. The molecule has 2 heterocycles. The van der Waals surface area contributed by atoms with Crippen molar-refractivity contribution in [3.8, 4) is 0 Å². The SMILES string of the molecule is CN(C)CCn1cc(NC(=O)c2cc(S(=O)(=O)N3CCCc4ccccc43)ccc2Cl)cn1. The number of aryl methyl sites for hydroxylation is 1. The molecular weight excluding hydrogens is 462 g/mol. The molecule has 8 nitrogen and oxygen atoms in total. The van der Waals surface area contributed by atoms with Crippen LogP contribution in [0.4, 0.5) is 11.4 Å². The molecule has 1 aliphatic rings. The van der Waals surface area contributed by atoms with Crippen LogP contribution in [0.15, 0.2) is 59.8 Å². The van der Waals surface area contributed by atoms with Crippen LogP contribution in [-0.2, 0) is 23.0 Å². The Bertz CT molecular complexity index is 1270. The standard InChI is InChI=1S/C23H26ClN5O3S/c1-27(2)12-13-28-16-18(15-25-28)26-23(30)20-14-19(9-10-21(20)24)33(31,32)29-11-5-7-17-6-3-4-8-22(17)29/h3-4,6,8-10,14-16H,5,7,11-13H2,1-2H3,(H,26,30). The lowest BCUT2D eigenvalue weighted by molar-refractivity contribution is 0.102. The largest absolute Gasteiger partial charge is 0.319 e. The van der Waals surface area contributed by atoms with E-state index in [2.05, 4.69) is 10.4 Å². The Morgan fingerprint density at radius 3 is 2.79 bits per heavy atom. The van der Waals surface area contributed by atoms with Gasteiger partial charge in [-0.25, -0.2) is 8.42 Å². The fourth-order valence-electron chi connectivity index (χ4n) is 3.77. The van der Waals surface area contributed by atoms with Crippen molar-refractivity contribution in [3.63, 3.8) is 0 Å². The Morgan fingerprint density at radius 2 is 2.00 bits per heavy atom. The molecule has 33 heavy (non-hydrogen) atoms. The van der Waals surface area contributed by atoms with Crippen molar-refractivity contribution in [3.05, 3.63) is 71.0 Å². The van der Waals surface area contributed by atoms with Crippen molar-refractivity contribution in [2.75, 3.05) is 36.8 Å². The minimum Gasteiger partial charge on any atom is -0.319 e. The summed E-state index contributed by atoms with van der Waals surface area (Å²) in [5.41, 5.74) is 2.26. The number of likely N-dealkylation sites (N-methyl/N-ethyl adjacent to an activating group) is 1. The number of para-hydroxylation sites is 1. The summed E-state index contributed by atoms with van der Waals surface area (Å²) >= 11 is 6.27. The normalized spacial score (nSPS) is 13.8. The van der Waals surface area contributed by atoms with Crippen molar-refractivity contribution < 1.29 is 13.2 Å². The molecule has 0 aliphatic carbocycles. The Labute approximate surface area is 198 Å². The Morgan fingerprint density at radius 1 is 1.21 bits per heavy atom. The van der Waals surface area contributed by atoms with Crippen LogP contribution in [0.5, 0.6) is 0 Å². The minimum atomic E-state index is -3.86. The van der Waals surface area contributed by atoms with Gasteiger partial charge in [-0.15, -0.1) is 0 Å². The second-order valence-electron chi connectivity index (χ2n) is 8.20. The van der Waals surface area contributed by atoms with Crippen molar-refractivity contribution in [1.82, 2.24) is 14.7 Å². The van der Waals surface area contributed by atoms with E-state index in [0.717, 1.165) is 24.9 Å². The van der Waals surface area contributed by atoms with Crippen LogP contribution in [0.2, 0.25) is 5.02 Å². The molecule has 3 aromatic rings. The third-order valence-electron chi connectivity index (χ3n) is 5.51. The fourth-order valence-corrected chi connectivity index (χ4v) is 5.54. The van der Waals surface area contributed by atoms with Crippen molar-refractivity contribution >= 4 is 38.9 Å². The van der Waals surface area contributed by atoms with E-state index in [4.69, 9.17) is 11.6 Å². The number of anilines is 2. The molecule has 1 aliphatic heterocycles. The molecule has 0 atom stereocenters. The number of halogens is 1. The number of sulfonamides is 1. The molecule has 10 heteroatoms. The summed E-state index contributed by atoms with van der Waals surface area (Å²) in [5, 5.41) is 7.16. The Balaban J connectivity index is 1.57. The van der Waals surface area contributed by atoms with Gasteiger partial charge in [-0.3, -0.25) is 13.8 Å². The molecule has 4 rings (SSSR count). The number of aromatic nitrogens is 2. The van der Waals surface area contributed by atoms with Gasteiger partial charge in [0.15, 0.2) is 0 Å². The van der Waals surface area contributed by atoms with E-state index in [1.807, 2.05) is 43.3 Å². The van der Waals surface area contributed by atoms with E-state index in [1.165, 1.54) is 22.5 Å². The van der Waals surface area contributed by atoms with Crippen LogP contribution in [0, 0.1) is 0 Å². The number of benzene rings is 2. The van der Waals surface area contributed by atoms with Gasteiger partial charge in [-0.1, -0.05) is 29.8 Å². The monoisotopic (exact) mass is 487 g/mol. The highest BCUT2D eigenvalue weighted by Crippen LogP contribution is 2.33. The summed E-state index contributed by atoms with van der Waals surface area (Å²) < 4.78 is 30.1. The Hall–Kier alpha value is -2.88. The van der Waals surface area contributed by atoms with E-state index in [9.17, 15) is 13.2 Å². The van der Waals surface area contributed by atoms with Gasteiger partial charge >= 0.3 is 0 Å². The molecular formula is C23H26ClN5O3S. The van der Waals surface area contributed by atoms with Gasteiger partial charge < -0.3 is 10.2 Å². The number of carbonyl (C=O) groups excluding carboxylic acids is 1. The van der Waals surface area contributed by atoms with Gasteiger partial charge in [0.1, 0.15) is 0 Å². The summed E-state index contributed by atoms with van der Waals surface area (Å²) in [6.45, 7) is 1.87. The maximum Gasteiger partial charge on any atom is 0.264 e. The van der Waals surface area contributed by atoms with E-state index < -0.39 is 15.9 Å². The van der Waals surface area contributed by atoms with Gasteiger partial charge in [0.25, 0.3) is 15.9 Å². The predicted octanol–water partition coefficient (Wildman–Crippen LogP) is 3.49. The van der Waals surface area contributed by atoms with Crippen molar-refractivity contribution in [2.24, 2.45) is 0 Å². The van der Waals surface area contributed by atoms with Crippen LogP contribution in [0.3, 0.4) is 0 Å². The number of hydrogen-bond acceptors (Lipinski definition) is 5. The first-order chi connectivity index (χ1) is 15.8. The van der Waals surface area contributed by atoms with Gasteiger partial charge in [0, 0.05) is 19.3 Å². The smallest absolute Gasteiger partial charge is 0.264 e. The molecule has 174 valence electrons. The maximum absolute atomic E-state index is 13.5. The third kappa shape index (κ3) is 5.05. The van der Waals surface area contributed by atoms with E-state index >= 15 is 0 Å². The van der Waals surface area contributed by atoms with E-state index in [1.54, 1.807) is 17.1 Å². The number of carbonyl (C=O) groups is 1. The van der Waals surface area contributed by atoms with E-state index in [-0.39, 0.29) is 15.5 Å². The zero-order valence-corrected chi connectivity index (χ0v) is 20.1. The number of fused-ring (bicyclic) bond motifs is 1. The molecule has 0 saturated carbocycles. The number of rotatable bonds is 7. The Kier molecular flexibility index (Phi) is 6.73. The molecule has 1 N–H and O–H groups in total. The van der Waals surface area contributed by atoms with Crippen molar-refractivity contribution in [1.29, 1.82) is 0 Å². The first kappa shape index (κ1) is 23.3. The van der Waals surface area contributed by atoms with Gasteiger partial charge in [-0.05, 0) is 56.8 Å². The molecule has 0 bridgehead atoms. The second-order valence-corrected chi connectivity index (χ2v) is 10.5. The lowest BCUT2D eigenvalue weighted by atomic mass is 10.0. The molecule has 2 aromatic carbocycles. The number of nitrogens with one attached hydrogen (secondary N) is 1. The van der Waals surface area contributed by atoms with Gasteiger partial charge in [0.2, 0.25) is 0 Å². The van der Waals surface area contributed by atoms with Crippen LogP contribution >= 0.6 is 11.6 Å². The highest BCUT2D eigenvalue weighted by atomic mass is 35.5. The third-order valence-corrected chi connectivity index (χ3v) is 7.64.